The summed E-state index contributed by atoms with van der Waals surface area (Å²) in [4.78, 5) is 4.46. The highest BCUT2D eigenvalue weighted by Crippen LogP contribution is 2.33. The van der Waals surface area contributed by atoms with E-state index < -0.39 is 10.1 Å². The molecule has 114 valence electrons. The van der Waals surface area contributed by atoms with Crippen molar-refractivity contribution in [3.8, 4) is 22.8 Å². The van der Waals surface area contributed by atoms with Gasteiger partial charge in [0.15, 0.2) is 5.65 Å². The zero-order valence-corrected chi connectivity index (χ0v) is 12.7. The largest absolute Gasteiger partial charge is 0.496 e. The first kappa shape index (κ1) is 14.3. The van der Waals surface area contributed by atoms with Crippen LogP contribution in [-0.2, 0) is 10.1 Å². The maximum atomic E-state index is 11.2. The van der Waals surface area contributed by atoms with Gasteiger partial charge in [-0.05, 0) is 24.3 Å². The van der Waals surface area contributed by atoms with Crippen molar-refractivity contribution in [1.29, 1.82) is 0 Å². The predicted octanol–water partition coefficient (Wildman–Crippen LogP) is 1.74. The minimum Gasteiger partial charge on any atom is -0.496 e. The Bertz CT molecular complexity index is 901. The number of hydrogen-bond acceptors (Lipinski definition) is 6. The molecule has 7 nitrogen and oxygen atoms in total. The van der Waals surface area contributed by atoms with E-state index in [0.29, 0.717) is 22.7 Å². The molecule has 0 amide bonds. The predicted molar refractivity (Wildman–Crippen MR) is 80.4 cm³/mol. The van der Waals surface area contributed by atoms with Gasteiger partial charge in [-0.2, -0.15) is 13.5 Å². The molecule has 0 unspecified atom stereocenters. The first-order valence-corrected chi connectivity index (χ1v) is 8.16. The van der Waals surface area contributed by atoms with Crippen LogP contribution >= 0.6 is 0 Å². The average molecular weight is 319 g/mol. The minimum absolute atomic E-state index is 0.185. The maximum absolute atomic E-state index is 11.2. The topological polar surface area (TPSA) is 82.8 Å². The third-order valence-electron chi connectivity index (χ3n) is 2.93. The normalized spacial score (nSPS) is 11.5. The SMILES string of the molecule is COc1cc(OS(C)(=O)=O)ccc1-c1cn2ncccc2n1. The van der Waals surface area contributed by atoms with Crippen molar-refractivity contribution in [1.82, 2.24) is 14.6 Å². The summed E-state index contributed by atoms with van der Waals surface area (Å²) in [5.74, 6) is 0.648. The van der Waals surface area contributed by atoms with E-state index in [1.807, 2.05) is 6.07 Å². The molecule has 0 spiro atoms. The van der Waals surface area contributed by atoms with Crippen molar-refractivity contribution in [2.75, 3.05) is 13.4 Å². The first-order chi connectivity index (χ1) is 10.5. The van der Waals surface area contributed by atoms with E-state index in [0.717, 1.165) is 6.26 Å². The van der Waals surface area contributed by atoms with Gasteiger partial charge in [0, 0.05) is 17.8 Å². The molecular formula is C14H13N3O4S. The lowest BCUT2D eigenvalue weighted by atomic mass is 10.1. The lowest BCUT2D eigenvalue weighted by Crippen LogP contribution is -2.05. The molecule has 0 fully saturated rings. The van der Waals surface area contributed by atoms with Gasteiger partial charge in [-0.25, -0.2) is 9.50 Å². The van der Waals surface area contributed by atoms with Crippen molar-refractivity contribution in [2.24, 2.45) is 0 Å². The number of nitrogens with zero attached hydrogens (tertiary/aromatic N) is 3. The second kappa shape index (κ2) is 5.30. The van der Waals surface area contributed by atoms with Gasteiger partial charge in [-0.1, -0.05) is 0 Å². The number of hydrogen-bond donors (Lipinski definition) is 0. The number of aromatic nitrogens is 3. The van der Waals surface area contributed by atoms with Crippen molar-refractivity contribution in [3.63, 3.8) is 0 Å². The monoisotopic (exact) mass is 319 g/mol. The summed E-state index contributed by atoms with van der Waals surface area (Å²) < 4.78 is 34.2. The Balaban J connectivity index is 2.06. The van der Waals surface area contributed by atoms with Crippen LogP contribution in [0.5, 0.6) is 11.5 Å². The van der Waals surface area contributed by atoms with Crippen LogP contribution in [0.2, 0.25) is 0 Å². The number of ether oxygens (including phenoxy) is 1. The molecule has 2 heterocycles. The van der Waals surface area contributed by atoms with E-state index >= 15 is 0 Å². The number of methoxy groups -OCH3 is 1. The fourth-order valence-corrected chi connectivity index (χ4v) is 2.52. The van der Waals surface area contributed by atoms with Gasteiger partial charge in [-0.3, -0.25) is 0 Å². The Labute approximate surface area is 127 Å². The number of benzene rings is 1. The second-order valence-corrected chi connectivity index (χ2v) is 6.18. The smallest absolute Gasteiger partial charge is 0.306 e. The number of fused-ring (bicyclic) bond motifs is 1. The fraction of sp³-hybridized carbons (Fsp3) is 0.143. The number of rotatable bonds is 4. The highest BCUT2D eigenvalue weighted by atomic mass is 32.2. The Hall–Kier alpha value is -2.61. The second-order valence-electron chi connectivity index (χ2n) is 4.60. The molecule has 0 bridgehead atoms. The Morgan fingerprint density at radius 3 is 2.73 bits per heavy atom. The molecule has 8 heteroatoms. The van der Waals surface area contributed by atoms with Crippen LogP contribution in [0.1, 0.15) is 0 Å². The Kier molecular flexibility index (Phi) is 3.45. The van der Waals surface area contributed by atoms with Crippen LogP contribution in [0.15, 0.2) is 42.7 Å². The highest BCUT2D eigenvalue weighted by Gasteiger charge is 2.13. The van der Waals surface area contributed by atoms with Gasteiger partial charge in [-0.15, -0.1) is 0 Å². The Morgan fingerprint density at radius 1 is 1.23 bits per heavy atom. The van der Waals surface area contributed by atoms with E-state index in [2.05, 4.69) is 10.1 Å². The molecular weight excluding hydrogens is 306 g/mol. The summed E-state index contributed by atoms with van der Waals surface area (Å²) >= 11 is 0. The zero-order valence-electron chi connectivity index (χ0n) is 11.9. The van der Waals surface area contributed by atoms with Crippen LogP contribution in [-0.4, -0.2) is 36.4 Å². The quantitative estimate of drug-likeness (QED) is 0.681. The molecule has 0 atom stereocenters. The molecule has 22 heavy (non-hydrogen) atoms. The van der Waals surface area contributed by atoms with Crippen LogP contribution in [0, 0.1) is 0 Å². The summed E-state index contributed by atoms with van der Waals surface area (Å²) in [6.45, 7) is 0. The molecule has 0 aliphatic heterocycles. The molecule has 0 aliphatic rings. The molecule has 0 aliphatic carbocycles. The van der Waals surface area contributed by atoms with E-state index in [9.17, 15) is 8.42 Å². The van der Waals surface area contributed by atoms with E-state index in [1.54, 1.807) is 35.1 Å². The molecule has 0 saturated carbocycles. The molecule has 3 rings (SSSR count). The van der Waals surface area contributed by atoms with Gasteiger partial charge in [0.1, 0.15) is 11.5 Å². The highest BCUT2D eigenvalue weighted by molar-refractivity contribution is 7.86. The van der Waals surface area contributed by atoms with Gasteiger partial charge >= 0.3 is 10.1 Å². The Morgan fingerprint density at radius 2 is 2.05 bits per heavy atom. The van der Waals surface area contributed by atoms with E-state index in [4.69, 9.17) is 8.92 Å². The molecule has 2 aromatic heterocycles. The van der Waals surface area contributed by atoms with E-state index in [-0.39, 0.29) is 5.75 Å². The average Bonchev–Trinajstić information content (AvgIpc) is 2.89. The molecule has 3 aromatic rings. The lowest BCUT2D eigenvalue weighted by Gasteiger charge is -2.09. The summed E-state index contributed by atoms with van der Waals surface area (Å²) in [6.07, 6.45) is 4.42. The van der Waals surface area contributed by atoms with Gasteiger partial charge in [0.2, 0.25) is 0 Å². The molecule has 0 radical (unpaired) electrons. The van der Waals surface area contributed by atoms with Crippen LogP contribution in [0.4, 0.5) is 0 Å². The summed E-state index contributed by atoms with van der Waals surface area (Å²) in [5.41, 5.74) is 2.09. The van der Waals surface area contributed by atoms with Gasteiger partial charge < -0.3 is 8.92 Å². The fourth-order valence-electron chi connectivity index (χ4n) is 2.07. The number of imidazole rings is 1. The first-order valence-electron chi connectivity index (χ1n) is 6.34. The summed E-state index contributed by atoms with van der Waals surface area (Å²) in [6, 6.07) is 8.39. The van der Waals surface area contributed by atoms with Crippen molar-refractivity contribution in [2.45, 2.75) is 0 Å². The summed E-state index contributed by atoms with van der Waals surface area (Å²) in [5, 5.41) is 4.16. The van der Waals surface area contributed by atoms with Gasteiger partial charge in [0.25, 0.3) is 0 Å². The standard InChI is InChI=1S/C14H13N3O4S/c1-20-13-8-10(21-22(2,18)19)5-6-11(13)12-9-17-14(16-12)4-3-7-15-17/h3-9H,1-2H3. The zero-order chi connectivity index (χ0) is 15.7. The van der Waals surface area contributed by atoms with Crippen LogP contribution in [0.25, 0.3) is 16.9 Å². The van der Waals surface area contributed by atoms with Crippen molar-refractivity contribution in [3.05, 3.63) is 42.7 Å². The van der Waals surface area contributed by atoms with Gasteiger partial charge in [0.05, 0.1) is 25.3 Å². The lowest BCUT2D eigenvalue weighted by molar-refractivity contribution is 0.413. The van der Waals surface area contributed by atoms with Crippen LogP contribution in [0.3, 0.4) is 0 Å². The molecule has 1 aromatic carbocycles. The van der Waals surface area contributed by atoms with Crippen molar-refractivity contribution < 1.29 is 17.3 Å². The van der Waals surface area contributed by atoms with Crippen molar-refractivity contribution >= 4 is 15.8 Å². The van der Waals surface area contributed by atoms with Crippen LogP contribution < -0.4 is 8.92 Å². The molecule has 0 N–H and O–H groups in total. The third-order valence-corrected chi connectivity index (χ3v) is 3.43. The third kappa shape index (κ3) is 2.86. The maximum Gasteiger partial charge on any atom is 0.306 e. The molecule has 0 saturated heterocycles. The summed E-state index contributed by atoms with van der Waals surface area (Å²) in [7, 11) is -2.09. The van der Waals surface area contributed by atoms with E-state index in [1.165, 1.54) is 13.2 Å². The minimum atomic E-state index is -3.59.